The zero-order valence-corrected chi connectivity index (χ0v) is 11.9. The number of halogens is 2. The molecule has 0 aliphatic heterocycles. The smallest absolute Gasteiger partial charge is 0.137 e. The molecular weight excluding hydrogens is 291 g/mol. The molecule has 0 amide bonds. The Balaban J connectivity index is 2.57. The van der Waals surface area contributed by atoms with Gasteiger partial charge in [0.25, 0.3) is 0 Å². The van der Waals surface area contributed by atoms with Gasteiger partial charge < -0.3 is 4.74 Å². The highest BCUT2D eigenvalue weighted by molar-refractivity contribution is 9.10. The van der Waals surface area contributed by atoms with Crippen molar-refractivity contribution in [2.24, 2.45) is 11.8 Å². The van der Waals surface area contributed by atoms with Gasteiger partial charge in [-0.25, -0.2) is 4.39 Å². The average Bonchev–Trinajstić information content (AvgIpc) is 2.23. The fourth-order valence-electron chi connectivity index (χ4n) is 1.23. The molecule has 0 spiro atoms. The Kier molecular flexibility index (Phi) is 5.62. The molecule has 1 nitrogen and oxygen atoms in total. The molecule has 0 saturated carbocycles. The van der Waals surface area contributed by atoms with Gasteiger partial charge in [0.15, 0.2) is 0 Å². The molecule has 1 unspecified atom stereocenters. The van der Waals surface area contributed by atoms with Crippen molar-refractivity contribution in [1.82, 2.24) is 0 Å². The Morgan fingerprint density at radius 3 is 2.62 bits per heavy atom. The molecule has 4 heteroatoms. The van der Waals surface area contributed by atoms with Gasteiger partial charge in [0.1, 0.15) is 11.6 Å². The van der Waals surface area contributed by atoms with Gasteiger partial charge in [0.2, 0.25) is 0 Å². The second-order valence-corrected chi connectivity index (χ2v) is 5.29. The molecule has 0 fully saturated rings. The average molecular weight is 307 g/mol. The van der Waals surface area contributed by atoms with E-state index in [9.17, 15) is 4.39 Å². The van der Waals surface area contributed by atoms with E-state index in [-0.39, 0.29) is 5.82 Å². The maximum absolute atomic E-state index is 13.0. The van der Waals surface area contributed by atoms with Crippen LogP contribution < -0.4 is 4.74 Å². The summed E-state index contributed by atoms with van der Waals surface area (Å²) in [7, 11) is 0. The Hall–Kier alpha value is -0.220. The lowest BCUT2D eigenvalue weighted by Crippen LogP contribution is -2.19. The first kappa shape index (κ1) is 13.8. The van der Waals surface area contributed by atoms with E-state index in [0.29, 0.717) is 28.7 Å². The highest BCUT2D eigenvalue weighted by atomic mass is 79.9. The fraction of sp³-hybridized carbons (Fsp3) is 0.500. The van der Waals surface area contributed by atoms with Gasteiger partial charge in [-0.15, -0.1) is 0 Å². The van der Waals surface area contributed by atoms with E-state index in [1.54, 1.807) is 12.1 Å². The van der Waals surface area contributed by atoms with Crippen molar-refractivity contribution in [3.05, 3.63) is 28.5 Å². The highest BCUT2D eigenvalue weighted by Crippen LogP contribution is 2.23. The molecule has 0 aromatic heterocycles. The number of hydrogen-bond donors (Lipinski definition) is 1. The summed E-state index contributed by atoms with van der Waals surface area (Å²) in [6.07, 6.45) is 0. The van der Waals surface area contributed by atoms with E-state index in [4.69, 9.17) is 4.74 Å². The summed E-state index contributed by atoms with van der Waals surface area (Å²) in [6.45, 7) is 4.90. The third kappa shape index (κ3) is 3.98. The van der Waals surface area contributed by atoms with Crippen LogP contribution in [0.1, 0.15) is 13.8 Å². The molecule has 1 aromatic carbocycles. The number of rotatable bonds is 5. The lowest BCUT2D eigenvalue weighted by atomic mass is 9.99. The van der Waals surface area contributed by atoms with Crippen molar-refractivity contribution in [1.29, 1.82) is 0 Å². The van der Waals surface area contributed by atoms with E-state index in [1.165, 1.54) is 6.07 Å². The first-order chi connectivity index (χ1) is 7.54. The van der Waals surface area contributed by atoms with E-state index in [1.807, 2.05) is 0 Å². The van der Waals surface area contributed by atoms with Crippen LogP contribution in [-0.4, -0.2) is 12.4 Å². The van der Waals surface area contributed by atoms with E-state index < -0.39 is 0 Å². The van der Waals surface area contributed by atoms with Gasteiger partial charge in [-0.1, -0.05) is 13.8 Å². The number of thiol groups is 1. The highest BCUT2D eigenvalue weighted by Gasteiger charge is 2.12. The Labute approximate surface area is 110 Å². The second kappa shape index (κ2) is 6.50. The number of ether oxygens (including phenoxy) is 1. The normalized spacial score (nSPS) is 12.9. The third-order valence-electron chi connectivity index (χ3n) is 2.53. The molecule has 1 atom stereocenters. The van der Waals surface area contributed by atoms with E-state index in [2.05, 4.69) is 42.4 Å². The van der Waals surface area contributed by atoms with Crippen molar-refractivity contribution in [2.45, 2.75) is 13.8 Å². The first-order valence-corrected chi connectivity index (χ1v) is 6.66. The minimum absolute atomic E-state index is 0.276. The Morgan fingerprint density at radius 2 is 2.12 bits per heavy atom. The topological polar surface area (TPSA) is 9.23 Å². The van der Waals surface area contributed by atoms with Crippen LogP contribution in [0.2, 0.25) is 0 Å². The summed E-state index contributed by atoms with van der Waals surface area (Å²) in [5.41, 5.74) is 0. The molecule has 1 aromatic rings. The van der Waals surface area contributed by atoms with Gasteiger partial charge in [-0.05, 0) is 45.8 Å². The van der Waals surface area contributed by atoms with Gasteiger partial charge in [-0.2, -0.15) is 12.6 Å². The predicted molar refractivity (Wildman–Crippen MR) is 71.8 cm³/mol. The Bertz CT molecular complexity index is 344. The van der Waals surface area contributed by atoms with Gasteiger partial charge >= 0.3 is 0 Å². The quantitative estimate of drug-likeness (QED) is 0.803. The van der Waals surface area contributed by atoms with Gasteiger partial charge in [-0.3, -0.25) is 0 Å². The van der Waals surface area contributed by atoms with Crippen LogP contribution in [0.25, 0.3) is 0 Å². The molecule has 0 radical (unpaired) electrons. The summed E-state index contributed by atoms with van der Waals surface area (Å²) >= 11 is 7.42. The molecule has 0 saturated heterocycles. The van der Waals surface area contributed by atoms with Crippen molar-refractivity contribution >= 4 is 28.6 Å². The molecule has 90 valence electrons. The standard InChI is InChI=1S/C12H16BrFOS/c1-8(2)9(7-16)6-15-10-3-4-12(14)11(13)5-10/h3-5,8-9,16H,6-7H2,1-2H3. The summed E-state index contributed by atoms with van der Waals surface area (Å²) in [6, 6.07) is 4.67. The largest absolute Gasteiger partial charge is 0.493 e. The van der Waals surface area contributed by atoms with Gasteiger partial charge in [0, 0.05) is 5.92 Å². The Morgan fingerprint density at radius 1 is 1.44 bits per heavy atom. The maximum Gasteiger partial charge on any atom is 0.137 e. The molecule has 0 N–H and O–H groups in total. The molecule has 0 aliphatic carbocycles. The summed E-state index contributed by atoms with van der Waals surface area (Å²) < 4.78 is 19.0. The third-order valence-corrected chi connectivity index (χ3v) is 3.61. The molecular formula is C12H16BrFOS. The number of benzene rings is 1. The first-order valence-electron chi connectivity index (χ1n) is 5.23. The van der Waals surface area contributed by atoms with Crippen LogP contribution in [-0.2, 0) is 0 Å². The van der Waals surface area contributed by atoms with Crippen LogP contribution in [0, 0.1) is 17.7 Å². The fourth-order valence-corrected chi connectivity index (χ4v) is 2.11. The van der Waals surface area contributed by atoms with E-state index >= 15 is 0 Å². The van der Waals surface area contributed by atoms with Crippen molar-refractivity contribution in [3.8, 4) is 5.75 Å². The van der Waals surface area contributed by atoms with E-state index in [0.717, 1.165) is 5.75 Å². The predicted octanol–water partition coefficient (Wildman–Crippen LogP) is 4.17. The maximum atomic E-state index is 13.0. The summed E-state index contributed by atoms with van der Waals surface area (Å²) in [4.78, 5) is 0. The van der Waals surface area contributed by atoms with Crippen molar-refractivity contribution < 1.29 is 9.13 Å². The summed E-state index contributed by atoms with van der Waals surface area (Å²) in [5.74, 6) is 2.14. The minimum atomic E-state index is -0.276. The summed E-state index contributed by atoms with van der Waals surface area (Å²) in [5, 5.41) is 0. The van der Waals surface area contributed by atoms with Crippen molar-refractivity contribution in [2.75, 3.05) is 12.4 Å². The number of hydrogen-bond acceptors (Lipinski definition) is 2. The lowest BCUT2D eigenvalue weighted by Gasteiger charge is -2.19. The van der Waals surface area contributed by atoms with Crippen LogP contribution >= 0.6 is 28.6 Å². The lowest BCUT2D eigenvalue weighted by molar-refractivity contribution is 0.226. The molecule has 16 heavy (non-hydrogen) atoms. The van der Waals surface area contributed by atoms with Crippen LogP contribution in [0.4, 0.5) is 4.39 Å². The zero-order chi connectivity index (χ0) is 12.1. The second-order valence-electron chi connectivity index (χ2n) is 4.07. The molecule has 0 heterocycles. The monoisotopic (exact) mass is 306 g/mol. The SMILES string of the molecule is CC(C)C(CS)COc1ccc(F)c(Br)c1. The molecule has 1 rings (SSSR count). The molecule has 0 aliphatic rings. The minimum Gasteiger partial charge on any atom is -0.493 e. The zero-order valence-electron chi connectivity index (χ0n) is 9.41. The van der Waals surface area contributed by atoms with Crippen molar-refractivity contribution in [3.63, 3.8) is 0 Å². The van der Waals surface area contributed by atoms with Gasteiger partial charge in [0.05, 0.1) is 11.1 Å². The van der Waals surface area contributed by atoms with Crippen LogP contribution in [0.5, 0.6) is 5.75 Å². The van der Waals surface area contributed by atoms with Crippen LogP contribution in [0.15, 0.2) is 22.7 Å². The molecule has 0 bridgehead atoms. The van der Waals surface area contributed by atoms with Crippen LogP contribution in [0.3, 0.4) is 0 Å².